The number of halogens is 1. The van der Waals surface area contributed by atoms with E-state index in [1.165, 1.54) is 23.6 Å². The molecular weight excluding hydrogens is 365 g/mol. The van der Waals surface area contributed by atoms with Crippen molar-refractivity contribution in [2.75, 3.05) is 18.5 Å². The van der Waals surface area contributed by atoms with Gasteiger partial charge in [0, 0.05) is 20.6 Å². The van der Waals surface area contributed by atoms with Gasteiger partial charge in [-0.05, 0) is 37.1 Å². The van der Waals surface area contributed by atoms with Crippen LogP contribution in [0.5, 0.6) is 0 Å². The molecule has 0 saturated carbocycles. The first kappa shape index (κ1) is 23.3. The molecule has 0 aliphatic carbocycles. The number of aryl methyl sites for hydroxylation is 1. The second-order valence-electron chi connectivity index (χ2n) is 5.87. The third-order valence-corrected chi connectivity index (χ3v) is 3.79. The highest BCUT2D eigenvalue weighted by molar-refractivity contribution is 6.03. The number of carbonyl (C=O) groups is 2. The molecule has 154 valence electrons. The zero-order valence-corrected chi connectivity index (χ0v) is 16.9. The summed E-state index contributed by atoms with van der Waals surface area (Å²) in [5.41, 5.74) is 3.63. The summed E-state index contributed by atoms with van der Waals surface area (Å²) in [5, 5.41) is 11.6. The molecular formula is C20H28FN3O4. The average molecular weight is 393 g/mol. The lowest BCUT2D eigenvalue weighted by atomic mass is 10.2. The molecule has 0 saturated heterocycles. The van der Waals surface area contributed by atoms with E-state index in [-0.39, 0.29) is 36.1 Å². The number of nitrogens with one attached hydrogen (secondary N) is 2. The summed E-state index contributed by atoms with van der Waals surface area (Å²) in [6.07, 6.45) is 0.369. The van der Waals surface area contributed by atoms with E-state index < -0.39 is 11.7 Å². The van der Waals surface area contributed by atoms with Gasteiger partial charge in [-0.2, -0.15) is 0 Å². The molecule has 0 spiro atoms. The van der Waals surface area contributed by atoms with Crippen LogP contribution in [0.3, 0.4) is 0 Å². The Balaban J connectivity index is 0.00000190. The average Bonchev–Trinajstić information content (AvgIpc) is 2.99. The summed E-state index contributed by atoms with van der Waals surface area (Å²) < 4.78 is 15.7. The zero-order chi connectivity index (χ0) is 21.3. The molecule has 1 amide bonds. The van der Waals surface area contributed by atoms with Crippen LogP contribution in [0.25, 0.3) is 0 Å². The number of ketones is 1. The summed E-state index contributed by atoms with van der Waals surface area (Å²) in [6.45, 7) is 7.23. The lowest BCUT2D eigenvalue weighted by Crippen LogP contribution is -2.25. The first-order valence-electron chi connectivity index (χ1n) is 9.12. The minimum absolute atomic E-state index is 0.0603. The van der Waals surface area contributed by atoms with Gasteiger partial charge in [-0.15, -0.1) is 0 Å². The normalized spacial score (nSPS) is 10.1. The van der Waals surface area contributed by atoms with Gasteiger partial charge in [-0.3, -0.25) is 14.4 Å². The van der Waals surface area contributed by atoms with E-state index >= 15 is 0 Å². The van der Waals surface area contributed by atoms with E-state index in [0.717, 1.165) is 5.56 Å². The molecule has 0 unspecified atom stereocenters. The van der Waals surface area contributed by atoms with E-state index in [2.05, 4.69) is 10.8 Å². The Morgan fingerprint density at radius 3 is 2.50 bits per heavy atom. The molecule has 1 aromatic carbocycles. The van der Waals surface area contributed by atoms with Gasteiger partial charge >= 0.3 is 0 Å². The molecule has 7 nitrogen and oxygen atoms in total. The number of hydroxylamine groups is 1. The minimum atomic E-state index is -0.582. The van der Waals surface area contributed by atoms with Crippen LogP contribution in [0.1, 0.15) is 53.6 Å². The number of aliphatic hydroxyl groups excluding tert-OH is 1. The van der Waals surface area contributed by atoms with E-state index in [9.17, 15) is 14.0 Å². The Morgan fingerprint density at radius 2 is 1.93 bits per heavy atom. The number of carbonyl (C=O) groups excluding carboxylic acids is 2. The molecule has 2 aromatic rings. The van der Waals surface area contributed by atoms with Gasteiger partial charge in [0.2, 0.25) is 0 Å². The van der Waals surface area contributed by atoms with Crippen molar-refractivity contribution in [3.8, 4) is 0 Å². The maximum atomic E-state index is 14.2. The lowest BCUT2D eigenvalue weighted by Gasteiger charge is -2.13. The van der Waals surface area contributed by atoms with Gasteiger partial charge in [0.1, 0.15) is 11.6 Å². The highest BCUT2D eigenvalue weighted by Gasteiger charge is 2.21. The molecule has 0 aliphatic rings. The van der Waals surface area contributed by atoms with Crippen molar-refractivity contribution in [2.45, 2.75) is 34.1 Å². The molecule has 0 bridgehead atoms. The van der Waals surface area contributed by atoms with Crippen LogP contribution in [0, 0.1) is 12.7 Å². The number of Topliss-reactive ketones (excluding diaryl/α,β-unsaturated/α-hetero) is 1. The Morgan fingerprint density at radius 1 is 1.25 bits per heavy atom. The second-order valence-corrected chi connectivity index (χ2v) is 5.87. The van der Waals surface area contributed by atoms with E-state index in [4.69, 9.17) is 9.94 Å². The fraction of sp³-hybridized carbons (Fsp3) is 0.400. The second kappa shape index (κ2) is 11.2. The number of rotatable bonds is 8. The summed E-state index contributed by atoms with van der Waals surface area (Å²) in [6, 6.07) is 6.08. The number of nitrogens with zero attached hydrogens (tertiary/aromatic N) is 1. The number of benzene rings is 1. The van der Waals surface area contributed by atoms with E-state index in [0.29, 0.717) is 12.1 Å². The maximum Gasteiger partial charge on any atom is 0.278 e. The summed E-state index contributed by atoms with van der Waals surface area (Å²) >= 11 is 0. The molecule has 8 heteroatoms. The lowest BCUT2D eigenvalue weighted by molar-refractivity contribution is 0.0262. The third kappa shape index (κ3) is 5.90. The molecule has 0 fully saturated rings. The predicted molar refractivity (Wildman–Crippen MR) is 106 cm³/mol. The Bertz CT molecular complexity index is 818. The zero-order valence-electron chi connectivity index (χ0n) is 16.9. The number of hydrogen-bond acceptors (Lipinski definition) is 5. The van der Waals surface area contributed by atoms with Crippen LogP contribution in [-0.4, -0.2) is 34.6 Å². The van der Waals surface area contributed by atoms with E-state index in [1.807, 2.05) is 13.8 Å². The van der Waals surface area contributed by atoms with Crippen molar-refractivity contribution in [2.24, 2.45) is 7.05 Å². The first-order chi connectivity index (χ1) is 13.3. The number of amides is 1. The standard InChI is InChI=1S/C18H22FN3O4.C2H6/c1-11-5-6-15(14(19)9-11)20-17-13(10-16(12(2)24)22(17)3)18(25)21-26-8-4-7-23;1-2/h5-6,9-10,20,23H,4,7-8H2,1-3H3,(H,21,25);1-2H3. The van der Waals surface area contributed by atoms with Crippen molar-refractivity contribution in [3.05, 3.63) is 46.9 Å². The number of aliphatic hydroxyl groups is 1. The van der Waals surface area contributed by atoms with Crippen LogP contribution in [-0.2, 0) is 11.9 Å². The quantitative estimate of drug-likeness (QED) is 0.363. The Kier molecular flexibility index (Phi) is 9.34. The van der Waals surface area contributed by atoms with E-state index in [1.54, 1.807) is 26.1 Å². The van der Waals surface area contributed by atoms with Gasteiger partial charge in [0.25, 0.3) is 5.91 Å². The molecule has 28 heavy (non-hydrogen) atoms. The van der Waals surface area contributed by atoms with Crippen LogP contribution in [0.2, 0.25) is 0 Å². The van der Waals surface area contributed by atoms with Gasteiger partial charge in [0.15, 0.2) is 5.78 Å². The Labute approximate surface area is 164 Å². The topological polar surface area (TPSA) is 92.6 Å². The molecule has 1 heterocycles. The highest BCUT2D eigenvalue weighted by atomic mass is 19.1. The minimum Gasteiger partial charge on any atom is -0.396 e. The third-order valence-electron chi connectivity index (χ3n) is 3.79. The Hall–Kier alpha value is -2.71. The fourth-order valence-corrected chi connectivity index (χ4v) is 2.42. The maximum absolute atomic E-state index is 14.2. The van der Waals surface area contributed by atoms with Crippen LogP contribution < -0.4 is 10.8 Å². The van der Waals surface area contributed by atoms with Crippen LogP contribution >= 0.6 is 0 Å². The molecule has 0 atom stereocenters. The van der Waals surface area contributed by atoms with Crippen molar-refractivity contribution >= 4 is 23.2 Å². The monoisotopic (exact) mass is 393 g/mol. The van der Waals surface area contributed by atoms with Crippen LogP contribution in [0.15, 0.2) is 24.3 Å². The molecule has 0 aliphatic heterocycles. The summed E-state index contributed by atoms with van der Waals surface area (Å²) in [5.74, 6) is -1.02. The predicted octanol–water partition coefficient (Wildman–Crippen LogP) is 3.49. The van der Waals surface area contributed by atoms with Crippen molar-refractivity contribution < 1.29 is 23.9 Å². The highest BCUT2D eigenvalue weighted by Crippen LogP contribution is 2.27. The van der Waals surface area contributed by atoms with Gasteiger partial charge in [-0.25, -0.2) is 9.87 Å². The number of anilines is 2. The number of aromatic nitrogens is 1. The summed E-state index contributed by atoms with van der Waals surface area (Å²) in [4.78, 5) is 29.2. The van der Waals surface area contributed by atoms with Crippen molar-refractivity contribution in [1.29, 1.82) is 0 Å². The smallest absolute Gasteiger partial charge is 0.278 e. The van der Waals surface area contributed by atoms with Crippen LogP contribution in [0.4, 0.5) is 15.9 Å². The SMILES string of the molecule is CC.CC(=O)c1cc(C(=O)NOCCCO)c(Nc2ccc(C)cc2F)n1C. The summed E-state index contributed by atoms with van der Waals surface area (Å²) in [7, 11) is 1.61. The molecule has 0 radical (unpaired) electrons. The molecule has 1 aromatic heterocycles. The van der Waals surface area contributed by atoms with Crippen molar-refractivity contribution in [3.63, 3.8) is 0 Å². The number of hydrogen-bond donors (Lipinski definition) is 3. The van der Waals surface area contributed by atoms with Gasteiger partial charge < -0.3 is 15.0 Å². The van der Waals surface area contributed by atoms with Gasteiger partial charge in [0.05, 0.1) is 23.6 Å². The molecule has 2 rings (SSSR count). The largest absolute Gasteiger partial charge is 0.396 e. The fourth-order valence-electron chi connectivity index (χ4n) is 2.42. The molecule has 3 N–H and O–H groups in total. The van der Waals surface area contributed by atoms with Gasteiger partial charge in [-0.1, -0.05) is 19.9 Å². The first-order valence-corrected chi connectivity index (χ1v) is 9.12. The van der Waals surface area contributed by atoms with Crippen molar-refractivity contribution in [1.82, 2.24) is 10.0 Å².